The van der Waals surface area contributed by atoms with Gasteiger partial charge < -0.3 is 87.1 Å². The van der Waals surface area contributed by atoms with Crippen molar-refractivity contribution in [1.29, 1.82) is 0 Å². The number of carbonyl (C=O) groups is 7. The fourth-order valence-corrected chi connectivity index (χ4v) is 9.04. The fraction of sp³-hybridized carbons (Fsp3) is 0.612. The van der Waals surface area contributed by atoms with Crippen LogP contribution in [0.25, 0.3) is 0 Å². The first-order valence-corrected chi connectivity index (χ1v) is 24.6. The van der Waals surface area contributed by atoms with Gasteiger partial charge in [0, 0.05) is 37.4 Å². The Kier molecular flexibility index (Phi) is 20.9. The van der Waals surface area contributed by atoms with Crippen molar-refractivity contribution >= 4 is 41.4 Å². The summed E-state index contributed by atoms with van der Waals surface area (Å²) in [7, 11) is 0. The second kappa shape index (κ2) is 26.3. The summed E-state index contributed by atoms with van der Waals surface area (Å²) in [5.41, 5.74) is -0.0659. The first-order valence-electron chi connectivity index (χ1n) is 24.6. The van der Waals surface area contributed by atoms with Crippen LogP contribution in [0.15, 0.2) is 48.5 Å². The summed E-state index contributed by atoms with van der Waals surface area (Å²) >= 11 is 0. The largest absolute Gasteiger partial charge is 0.508 e. The van der Waals surface area contributed by atoms with Gasteiger partial charge in [-0.05, 0) is 62.2 Å². The predicted molar refractivity (Wildman–Crippen MR) is 256 cm³/mol. The molecule has 2 aromatic carbocycles. The number of nitrogens with one attached hydrogen (secondary N) is 5. The van der Waals surface area contributed by atoms with E-state index in [4.69, 9.17) is 4.74 Å². The zero-order valence-corrected chi connectivity index (χ0v) is 41.2. The molecule has 24 heteroatoms. The predicted octanol–water partition coefficient (Wildman–Crippen LogP) is -3.09. The molecule has 0 bridgehead atoms. The number of nitrogens with zero attached hydrogens (tertiary/aromatic N) is 2. The van der Waals surface area contributed by atoms with Crippen LogP contribution in [-0.2, 0) is 28.8 Å². The Morgan fingerprint density at radius 1 is 0.699 bits per heavy atom. The number of phenolic OH excluding ortho intramolecular Hbond substituents is 1. The monoisotopic (exact) mass is 1030 g/mol. The third kappa shape index (κ3) is 14.8. The molecule has 3 fully saturated rings. The van der Waals surface area contributed by atoms with Gasteiger partial charge in [-0.15, -0.1) is 0 Å². The molecule has 0 spiro atoms. The van der Waals surface area contributed by atoms with E-state index in [2.05, 4.69) is 33.5 Å². The molecule has 14 N–H and O–H groups in total. The maximum atomic E-state index is 14.4. The Hall–Kier alpha value is -5.99. The summed E-state index contributed by atoms with van der Waals surface area (Å²) in [5.74, 6) is -8.94. The Morgan fingerprint density at radius 3 is 1.89 bits per heavy atom. The van der Waals surface area contributed by atoms with Gasteiger partial charge in [-0.25, -0.2) is 0 Å². The third-order valence-corrected chi connectivity index (χ3v) is 13.4. The summed E-state index contributed by atoms with van der Waals surface area (Å²) in [6, 6.07) is -1.02. The van der Waals surface area contributed by atoms with Gasteiger partial charge in [0.1, 0.15) is 66.1 Å². The number of carbonyl (C=O) groups excluding carboxylic acids is 7. The molecule has 5 rings (SSSR count). The number of amides is 7. The molecule has 24 nitrogen and oxygen atoms in total. The molecule has 3 heterocycles. The summed E-state index contributed by atoms with van der Waals surface area (Å²) in [5, 5.41) is 110. The number of ether oxygens (including phenoxy) is 1. The lowest BCUT2D eigenvalue weighted by Crippen LogP contribution is -2.64. The normalized spacial score (nSPS) is 29.6. The van der Waals surface area contributed by atoms with E-state index in [1.165, 1.54) is 43.3 Å². The van der Waals surface area contributed by atoms with E-state index in [-0.39, 0.29) is 23.4 Å². The minimum absolute atomic E-state index is 0.00468. The van der Waals surface area contributed by atoms with Crippen LogP contribution < -0.4 is 31.3 Å². The van der Waals surface area contributed by atoms with Crippen molar-refractivity contribution in [2.75, 3.05) is 19.7 Å². The van der Waals surface area contributed by atoms with Crippen LogP contribution >= 0.6 is 0 Å². The molecular weight excluding hydrogens is 959 g/mol. The maximum absolute atomic E-state index is 14.4. The summed E-state index contributed by atoms with van der Waals surface area (Å²) in [6.45, 7) is 5.28. The number of phenols is 1. The van der Waals surface area contributed by atoms with Crippen LogP contribution in [0.5, 0.6) is 11.5 Å². The van der Waals surface area contributed by atoms with Gasteiger partial charge in [0.05, 0.1) is 31.0 Å². The van der Waals surface area contributed by atoms with Crippen LogP contribution in [0.1, 0.15) is 101 Å². The first-order chi connectivity index (χ1) is 34.5. The van der Waals surface area contributed by atoms with Gasteiger partial charge >= 0.3 is 0 Å². The van der Waals surface area contributed by atoms with Gasteiger partial charge in [0.2, 0.25) is 35.4 Å². The average molecular weight is 1030 g/mol. The lowest BCUT2D eigenvalue weighted by atomic mass is 9.96. The quantitative estimate of drug-likeness (QED) is 0.0786. The SMILES string of the molecule is CCCCCCCCOc1ccc(C(=O)N[C@H]2C[C@@H](O)[C@H](O)NC(=O)[C@@H]3[C@@H](O)[C@@H](C)CN3C(=O)[C@H]([C@@H](C)O)NC(=O)[C@@H]([C@H](O)[C@@H](O)c3ccc(O)cc3)NC(=O)[C@@H]3C[C@@H](O)CN3C(=O)[C@@H]([C@@H](C)O)NC2=O)cc1. The van der Waals surface area contributed by atoms with E-state index < -0.39 is 152 Å². The molecular formula is C49H71N7O17. The van der Waals surface area contributed by atoms with Crippen molar-refractivity contribution in [1.82, 2.24) is 36.4 Å². The second-order valence-electron chi connectivity index (χ2n) is 19.2. The number of unbranched alkanes of at least 4 members (excludes halogenated alkanes) is 5. The van der Waals surface area contributed by atoms with E-state index in [0.717, 1.165) is 74.3 Å². The topological polar surface area (TPSA) is 377 Å². The van der Waals surface area contributed by atoms with Crippen molar-refractivity contribution in [2.24, 2.45) is 5.92 Å². The zero-order chi connectivity index (χ0) is 53.8. The highest BCUT2D eigenvalue weighted by atomic mass is 16.5. The number of aromatic hydroxyl groups is 1. The number of aliphatic hydroxyl groups is 8. The van der Waals surface area contributed by atoms with E-state index >= 15 is 0 Å². The van der Waals surface area contributed by atoms with Crippen molar-refractivity contribution in [2.45, 2.75) is 164 Å². The highest BCUT2D eigenvalue weighted by Crippen LogP contribution is 2.28. The zero-order valence-electron chi connectivity index (χ0n) is 41.2. The molecule has 0 aromatic heterocycles. The molecule has 3 aliphatic heterocycles. The lowest BCUT2D eigenvalue weighted by molar-refractivity contribution is -0.148. The summed E-state index contributed by atoms with van der Waals surface area (Å²) in [6.07, 6.45) is -10.4. The number of rotatable bonds is 15. The van der Waals surface area contributed by atoms with Gasteiger partial charge in [-0.2, -0.15) is 0 Å². The van der Waals surface area contributed by atoms with Crippen molar-refractivity contribution < 1.29 is 84.3 Å². The first kappa shape index (κ1) is 57.9. The number of benzene rings is 2. The molecule has 0 aliphatic carbocycles. The Balaban J connectivity index is 1.51. The summed E-state index contributed by atoms with van der Waals surface area (Å²) in [4.78, 5) is 101. The molecule has 7 amide bonds. The minimum Gasteiger partial charge on any atom is -0.508 e. The van der Waals surface area contributed by atoms with Crippen LogP contribution in [-0.4, -0.2) is 196 Å². The standard InChI is InChI=1S/C49H71N7O17/c1-5-6-7-8-9-10-19-73-31-17-13-28(14-18-31)42(65)50-32-21-34(61)45(68)54-47(70)38-39(62)24(2)22-56(38)49(72)36(26(4)58)52-46(69)37(41(64)40(63)27-11-15-29(59)16-12-27)53-44(67)33-20-30(60)23-55(33)48(71)35(25(3)57)51-43(32)66/h11-18,24-26,30,32-41,45,57-64,68H,5-10,19-23H2,1-4H3,(H,50,65)(H,51,66)(H,52,69)(H,53,67)(H,54,70)/t24-,25+,26+,30+,32-,33-,34+,35+,36-,37+,38-,39-,40-,41-,45-/m0/s1. The van der Waals surface area contributed by atoms with Crippen molar-refractivity contribution in [3.63, 3.8) is 0 Å². The highest BCUT2D eigenvalue weighted by molar-refractivity contribution is 6.00. The van der Waals surface area contributed by atoms with Crippen LogP contribution in [0, 0.1) is 5.92 Å². The van der Waals surface area contributed by atoms with E-state index in [1.54, 1.807) is 0 Å². The third-order valence-electron chi connectivity index (χ3n) is 13.4. The smallest absolute Gasteiger partial charge is 0.251 e. The number of hydrogen-bond acceptors (Lipinski definition) is 17. The van der Waals surface area contributed by atoms with Gasteiger partial charge in [-0.1, -0.05) is 58.1 Å². The number of aliphatic hydroxyl groups excluding tert-OH is 8. The Labute approximate surface area is 422 Å². The lowest BCUT2D eigenvalue weighted by Gasteiger charge is -2.34. The van der Waals surface area contributed by atoms with E-state index in [0.29, 0.717) is 12.4 Å². The van der Waals surface area contributed by atoms with Crippen LogP contribution in [0.2, 0.25) is 0 Å². The van der Waals surface area contributed by atoms with Crippen LogP contribution in [0.4, 0.5) is 0 Å². The van der Waals surface area contributed by atoms with Gasteiger partial charge in [0.25, 0.3) is 5.91 Å². The van der Waals surface area contributed by atoms with E-state index in [1.807, 2.05) is 0 Å². The highest BCUT2D eigenvalue weighted by Gasteiger charge is 2.50. The molecule has 3 saturated heterocycles. The number of fused-ring (bicyclic) bond motifs is 2. The number of hydrogen-bond donors (Lipinski definition) is 14. The molecule has 3 aliphatic rings. The van der Waals surface area contributed by atoms with E-state index in [9.17, 15) is 79.5 Å². The average Bonchev–Trinajstić information content (AvgIpc) is 3.90. The van der Waals surface area contributed by atoms with Gasteiger partial charge in [0.15, 0.2) is 6.23 Å². The Bertz CT molecular complexity index is 2220. The molecule has 15 atom stereocenters. The molecule has 2 aromatic rings. The second-order valence-corrected chi connectivity index (χ2v) is 19.2. The van der Waals surface area contributed by atoms with Crippen molar-refractivity contribution in [3.8, 4) is 11.5 Å². The van der Waals surface area contributed by atoms with Gasteiger partial charge in [-0.3, -0.25) is 33.6 Å². The maximum Gasteiger partial charge on any atom is 0.251 e. The minimum atomic E-state index is -2.28. The van der Waals surface area contributed by atoms with Crippen molar-refractivity contribution in [3.05, 3.63) is 59.7 Å². The molecule has 0 saturated carbocycles. The summed E-state index contributed by atoms with van der Waals surface area (Å²) < 4.78 is 5.81. The molecule has 404 valence electrons. The Morgan fingerprint density at radius 2 is 1.27 bits per heavy atom. The van der Waals surface area contributed by atoms with Crippen LogP contribution in [0.3, 0.4) is 0 Å². The molecule has 0 unspecified atom stereocenters. The molecule has 73 heavy (non-hydrogen) atoms. The fourth-order valence-electron chi connectivity index (χ4n) is 9.04. The molecule has 0 radical (unpaired) electrons.